The first-order valence-electron chi connectivity index (χ1n) is 9.60. The van der Waals surface area contributed by atoms with Crippen molar-refractivity contribution in [2.45, 2.75) is 24.8 Å². The quantitative estimate of drug-likeness (QED) is 0.169. The van der Waals surface area contributed by atoms with Crippen molar-refractivity contribution in [1.82, 2.24) is 15.5 Å². The average molecular weight is 526 g/mol. The van der Waals surface area contributed by atoms with Gasteiger partial charge < -0.3 is 15.5 Å². The van der Waals surface area contributed by atoms with Gasteiger partial charge in [0.1, 0.15) is 0 Å². The van der Waals surface area contributed by atoms with E-state index < -0.39 is 0 Å². The molecule has 0 aliphatic carbocycles. The van der Waals surface area contributed by atoms with Gasteiger partial charge in [0.15, 0.2) is 5.96 Å². The number of guanidine groups is 1. The number of carbonyl (C=O) groups is 1. The first-order chi connectivity index (χ1) is 13.6. The molecule has 1 amide bonds. The maximum Gasteiger partial charge on any atom is 0.253 e. The lowest BCUT2D eigenvalue weighted by atomic mass is 10.1. The van der Waals surface area contributed by atoms with Crippen LogP contribution in [0, 0.1) is 0 Å². The highest BCUT2D eigenvalue weighted by molar-refractivity contribution is 14.0. The fraction of sp³-hybridized carbons (Fsp3) is 0.364. The molecule has 7 heteroatoms. The molecular weight excluding hydrogens is 495 g/mol. The molecular formula is C22H31IN4OS. The summed E-state index contributed by atoms with van der Waals surface area (Å²) in [7, 11) is 3.51. The number of nitrogens with zero attached hydrogens (tertiary/aromatic N) is 2. The molecule has 0 unspecified atom stereocenters. The number of nitrogens with one attached hydrogen (secondary N) is 2. The van der Waals surface area contributed by atoms with Crippen LogP contribution in [-0.4, -0.2) is 49.7 Å². The van der Waals surface area contributed by atoms with Crippen LogP contribution in [0.15, 0.2) is 64.5 Å². The van der Waals surface area contributed by atoms with Gasteiger partial charge in [0, 0.05) is 37.6 Å². The molecule has 2 aromatic rings. The van der Waals surface area contributed by atoms with Gasteiger partial charge in [-0.15, -0.1) is 35.7 Å². The number of aliphatic imine (C=N–C) groups is 1. The standard InChI is InChI=1S/C22H30N4OS.HI/c1-4-23-22(24-15-8-16-28-20-9-6-5-7-10-20)25-17-18-11-13-19(14-12-18)21(27)26(2)3;/h5-7,9-14H,4,8,15-17H2,1-3H3,(H2,23,24,25);1H. The lowest BCUT2D eigenvalue weighted by molar-refractivity contribution is 0.0827. The van der Waals surface area contributed by atoms with Crippen molar-refractivity contribution in [3.05, 3.63) is 65.7 Å². The Morgan fingerprint density at radius 1 is 1.03 bits per heavy atom. The number of hydrogen-bond acceptors (Lipinski definition) is 3. The molecule has 29 heavy (non-hydrogen) atoms. The molecule has 0 atom stereocenters. The van der Waals surface area contributed by atoms with E-state index in [4.69, 9.17) is 0 Å². The third-order valence-electron chi connectivity index (χ3n) is 4.00. The van der Waals surface area contributed by atoms with Crippen LogP contribution in [0.3, 0.4) is 0 Å². The largest absolute Gasteiger partial charge is 0.357 e. The lowest BCUT2D eigenvalue weighted by Crippen LogP contribution is -2.37. The minimum Gasteiger partial charge on any atom is -0.357 e. The Morgan fingerprint density at radius 2 is 1.72 bits per heavy atom. The van der Waals surface area contributed by atoms with Crippen LogP contribution in [0.4, 0.5) is 0 Å². The molecule has 0 bridgehead atoms. The minimum absolute atomic E-state index is 0. The van der Waals surface area contributed by atoms with Crippen molar-refractivity contribution in [2.75, 3.05) is 32.9 Å². The highest BCUT2D eigenvalue weighted by Crippen LogP contribution is 2.17. The van der Waals surface area contributed by atoms with E-state index in [0.717, 1.165) is 36.8 Å². The Hall–Kier alpha value is -1.74. The number of amides is 1. The van der Waals surface area contributed by atoms with Crippen LogP contribution in [0.5, 0.6) is 0 Å². The van der Waals surface area contributed by atoms with Crippen molar-refractivity contribution in [3.8, 4) is 0 Å². The smallest absolute Gasteiger partial charge is 0.253 e. The van der Waals surface area contributed by atoms with E-state index in [1.54, 1.807) is 19.0 Å². The minimum atomic E-state index is 0. The molecule has 0 fully saturated rings. The van der Waals surface area contributed by atoms with Gasteiger partial charge in [-0.3, -0.25) is 4.79 Å². The fourth-order valence-electron chi connectivity index (χ4n) is 2.51. The number of rotatable bonds is 9. The highest BCUT2D eigenvalue weighted by atomic mass is 127. The zero-order valence-electron chi connectivity index (χ0n) is 17.4. The van der Waals surface area contributed by atoms with Crippen LogP contribution in [0.2, 0.25) is 0 Å². The zero-order valence-corrected chi connectivity index (χ0v) is 20.5. The van der Waals surface area contributed by atoms with E-state index in [0.29, 0.717) is 12.1 Å². The Labute approximate surface area is 195 Å². The molecule has 0 aromatic heterocycles. The van der Waals surface area contributed by atoms with Crippen LogP contribution < -0.4 is 10.6 Å². The summed E-state index contributed by atoms with van der Waals surface area (Å²) in [5.74, 6) is 1.90. The molecule has 2 rings (SSSR count). The summed E-state index contributed by atoms with van der Waals surface area (Å²) in [5, 5.41) is 6.66. The van der Waals surface area contributed by atoms with Crippen LogP contribution in [0.25, 0.3) is 0 Å². The first kappa shape index (κ1) is 25.3. The van der Waals surface area contributed by atoms with Crippen LogP contribution in [-0.2, 0) is 6.54 Å². The third-order valence-corrected chi connectivity index (χ3v) is 5.09. The molecule has 0 radical (unpaired) electrons. The van der Waals surface area contributed by atoms with E-state index in [2.05, 4.69) is 46.8 Å². The average Bonchev–Trinajstić information content (AvgIpc) is 2.72. The summed E-state index contributed by atoms with van der Waals surface area (Å²) in [4.78, 5) is 19.5. The van der Waals surface area contributed by atoms with Gasteiger partial charge in [-0.25, -0.2) is 4.99 Å². The summed E-state index contributed by atoms with van der Waals surface area (Å²) in [6.45, 7) is 4.33. The van der Waals surface area contributed by atoms with Gasteiger partial charge in [0.25, 0.3) is 5.91 Å². The number of halogens is 1. The molecule has 2 aromatic carbocycles. The maximum absolute atomic E-state index is 11.9. The van der Waals surface area contributed by atoms with Crippen LogP contribution in [0.1, 0.15) is 29.3 Å². The second kappa shape index (κ2) is 14.3. The number of hydrogen-bond donors (Lipinski definition) is 2. The second-order valence-corrected chi connectivity index (χ2v) is 7.70. The summed E-state index contributed by atoms with van der Waals surface area (Å²) in [5.41, 5.74) is 1.77. The normalized spacial score (nSPS) is 10.8. The van der Waals surface area contributed by atoms with Crippen molar-refractivity contribution in [3.63, 3.8) is 0 Å². The molecule has 0 spiro atoms. The van der Waals surface area contributed by atoms with Gasteiger partial charge in [0.2, 0.25) is 0 Å². The molecule has 2 N–H and O–H groups in total. The Kier molecular flexibility index (Phi) is 12.5. The topological polar surface area (TPSA) is 56.7 Å². The predicted molar refractivity (Wildman–Crippen MR) is 134 cm³/mol. The van der Waals surface area contributed by atoms with Crippen LogP contribution >= 0.6 is 35.7 Å². The molecule has 158 valence electrons. The SMILES string of the molecule is CCNC(=NCc1ccc(C(=O)N(C)C)cc1)NCCCSc1ccccc1.I. The van der Waals surface area contributed by atoms with E-state index in [9.17, 15) is 4.79 Å². The lowest BCUT2D eigenvalue weighted by Gasteiger charge is -2.12. The maximum atomic E-state index is 11.9. The van der Waals surface area contributed by atoms with E-state index >= 15 is 0 Å². The van der Waals surface area contributed by atoms with Gasteiger partial charge in [-0.1, -0.05) is 30.3 Å². The summed E-state index contributed by atoms with van der Waals surface area (Å²) < 4.78 is 0. The van der Waals surface area contributed by atoms with Gasteiger partial charge >= 0.3 is 0 Å². The van der Waals surface area contributed by atoms with Gasteiger partial charge in [-0.2, -0.15) is 0 Å². The van der Waals surface area contributed by atoms with E-state index in [1.807, 2.05) is 42.1 Å². The van der Waals surface area contributed by atoms with Crippen molar-refractivity contribution < 1.29 is 4.79 Å². The second-order valence-electron chi connectivity index (χ2n) is 6.53. The summed E-state index contributed by atoms with van der Waals surface area (Å²) in [6, 6.07) is 18.1. The third kappa shape index (κ3) is 9.54. The summed E-state index contributed by atoms with van der Waals surface area (Å²) >= 11 is 1.87. The molecule has 5 nitrogen and oxygen atoms in total. The Balaban J connectivity index is 0.00000420. The number of carbonyl (C=O) groups excluding carboxylic acids is 1. The van der Waals surface area contributed by atoms with Gasteiger partial charge in [-0.05, 0) is 48.9 Å². The van der Waals surface area contributed by atoms with E-state index in [1.165, 1.54) is 4.90 Å². The van der Waals surface area contributed by atoms with Gasteiger partial charge in [0.05, 0.1) is 6.54 Å². The molecule has 0 aliphatic heterocycles. The Bertz CT molecular complexity index is 751. The summed E-state index contributed by atoms with van der Waals surface area (Å²) in [6.07, 6.45) is 1.06. The monoisotopic (exact) mass is 526 g/mol. The highest BCUT2D eigenvalue weighted by Gasteiger charge is 2.07. The van der Waals surface area contributed by atoms with Crippen molar-refractivity contribution >= 4 is 47.6 Å². The number of thioether (sulfide) groups is 1. The Morgan fingerprint density at radius 3 is 2.34 bits per heavy atom. The molecule has 0 heterocycles. The fourth-order valence-corrected chi connectivity index (χ4v) is 3.38. The predicted octanol–water partition coefficient (Wildman–Crippen LogP) is 4.24. The van der Waals surface area contributed by atoms with Crippen molar-refractivity contribution in [1.29, 1.82) is 0 Å². The van der Waals surface area contributed by atoms with E-state index in [-0.39, 0.29) is 29.9 Å². The molecule has 0 aliphatic rings. The zero-order chi connectivity index (χ0) is 20.2. The molecule has 0 saturated heterocycles. The molecule has 0 saturated carbocycles. The van der Waals surface area contributed by atoms with Crippen molar-refractivity contribution in [2.24, 2.45) is 4.99 Å². The number of benzene rings is 2. The first-order valence-corrected chi connectivity index (χ1v) is 10.6.